The number of amides is 1. The molecule has 0 N–H and O–H groups in total. The maximum absolute atomic E-state index is 11.6. The number of allylic oxidation sites excluding steroid dienone is 2. The molecule has 14 heavy (non-hydrogen) atoms. The second kappa shape index (κ2) is 3.95. The molecule has 0 radical (unpaired) electrons. The van der Waals surface area contributed by atoms with Gasteiger partial charge in [-0.1, -0.05) is 13.8 Å². The SMILES string of the molecule is CC1=C(C)N(CC(C)C)C(=O)CC1=O. The molecule has 0 unspecified atom stereocenters. The molecule has 0 saturated heterocycles. The lowest BCUT2D eigenvalue weighted by atomic mass is 10.0. The Morgan fingerprint density at radius 2 is 1.86 bits per heavy atom. The zero-order valence-corrected chi connectivity index (χ0v) is 9.26. The van der Waals surface area contributed by atoms with E-state index in [9.17, 15) is 9.59 Å². The first kappa shape index (κ1) is 11.0. The van der Waals surface area contributed by atoms with Crippen molar-refractivity contribution in [2.75, 3.05) is 6.54 Å². The summed E-state index contributed by atoms with van der Waals surface area (Å²) in [5, 5.41) is 0. The van der Waals surface area contributed by atoms with E-state index in [1.54, 1.807) is 11.8 Å². The topological polar surface area (TPSA) is 37.4 Å². The smallest absolute Gasteiger partial charge is 0.234 e. The Hall–Kier alpha value is -1.12. The molecule has 1 aliphatic heterocycles. The monoisotopic (exact) mass is 195 g/mol. The molecule has 0 spiro atoms. The van der Waals surface area contributed by atoms with Gasteiger partial charge in [0.1, 0.15) is 0 Å². The van der Waals surface area contributed by atoms with Gasteiger partial charge < -0.3 is 4.90 Å². The van der Waals surface area contributed by atoms with Crippen LogP contribution in [0.1, 0.15) is 34.1 Å². The van der Waals surface area contributed by atoms with Gasteiger partial charge in [-0.15, -0.1) is 0 Å². The van der Waals surface area contributed by atoms with E-state index in [1.165, 1.54) is 0 Å². The summed E-state index contributed by atoms with van der Waals surface area (Å²) in [6, 6.07) is 0. The Morgan fingerprint density at radius 3 is 2.36 bits per heavy atom. The molecule has 3 nitrogen and oxygen atoms in total. The average Bonchev–Trinajstić information content (AvgIpc) is 2.09. The Morgan fingerprint density at radius 1 is 1.29 bits per heavy atom. The molecule has 3 heteroatoms. The van der Waals surface area contributed by atoms with E-state index >= 15 is 0 Å². The number of hydrogen-bond acceptors (Lipinski definition) is 2. The number of hydrogen-bond donors (Lipinski definition) is 0. The van der Waals surface area contributed by atoms with E-state index in [-0.39, 0.29) is 18.1 Å². The fourth-order valence-corrected chi connectivity index (χ4v) is 1.56. The summed E-state index contributed by atoms with van der Waals surface area (Å²) in [4.78, 5) is 24.6. The second-order valence-corrected chi connectivity index (χ2v) is 4.21. The molecule has 1 amide bonds. The van der Waals surface area contributed by atoms with Crippen molar-refractivity contribution in [3.8, 4) is 0 Å². The number of Topliss-reactive ketones (excluding diaryl/α,β-unsaturated/α-hetero) is 1. The van der Waals surface area contributed by atoms with Gasteiger partial charge in [0.2, 0.25) is 5.91 Å². The zero-order valence-electron chi connectivity index (χ0n) is 9.26. The first-order valence-corrected chi connectivity index (χ1v) is 4.94. The van der Waals surface area contributed by atoms with Crippen molar-refractivity contribution in [1.82, 2.24) is 4.90 Å². The predicted molar refractivity (Wildman–Crippen MR) is 54.5 cm³/mol. The van der Waals surface area contributed by atoms with E-state index in [4.69, 9.17) is 0 Å². The number of carbonyl (C=O) groups is 2. The highest BCUT2D eigenvalue weighted by molar-refractivity contribution is 6.10. The van der Waals surface area contributed by atoms with Crippen molar-refractivity contribution in [2.45, 2.75) is 34.1 Å². The van der Waals surface area contributed by atoms with Crippen LogP contribution in [0, 0.1) is 5.92 Å². The fourth-order valence-electron chi connectivity index (χ4n) is 1.56. The first-order valence-electron chi connectivity index (χ1n) is 4.94. The molecule has 0 fully saturated rings. The summed E-state index contributed by atoms with van der Waals surface area (Å²) < 4.78 is 0. The maximum Gasteiger partial charge on any atom is 0.234 e. The highest BCUT2D eigenvalue weighted by Gasteiger charge is 2.27. The van der Waals surface area contributed by atoms with Crippen molar-refractivity contribution in [3.63, 3.8) is 0 Å². The lowest BCUT2D eigenvalue weighted by molar-refractivity contribution is -0.134. The van der Waals surface area contributed by atoms with Crippen LogP contribution in [0.5, 0.6) is 0 Å². The summed E-state index contributed by atoms with van der Waals surface area (Å²) in [5.74, 6) is 0.328. The summed E-state index contributed by atoms with van der Waals surface area (Å²) in [5.41, 5.74) is 1.55. The maximum atomic E-state index is 11.6. The van der Waals surface area contributed by atoms with Gasteiger partial charge in [0.25, 0.3) is 0 Å². The van der Waals surface area contributed by atoms with Gasteiger partial charge >= 0.3 is 0 Å². The average molecular weight is 195 g/mol. The number of nitrogens with zero attached hydrogens (tertiary/aromatic N) is 1. The van der Waals surface area contributed by atoms with Crippen LogP contribution in [0.15, 0.2) is 11.3 Å². The van der Waals surface area contributed by atoms with Crippen LogP contribution in [0.4, 0.5) is 0 Å². The van der Waals surface area contributed by atoms with Crippen molar-refractivity contribution in [3.05, 3.63) is 11.3 Å². The Balaban J connectivity index is 2.94. The minimum atomic E-state index is -0.0631. The van der Waals surface area contributed by atoms with Gasteiger partial charge in [0.05, 0.1) is 6.42 Å². The third-order valence-electron chi connectivity index (χ3n) is 2.53. The molecule has 78 valence electrons. The summed E-state index contributed by atoms with van der Waals surface area (Å²) >= 11 is 0. The fraction of sp³-hybridized carbons (Fsp3) is 0.636. The molecule has 0 aromatic rings. The van der Waals surface area contributed by atoms with Crippen LogP contribution in [-0.4, -0.2) is 23.1 Å². The van der Waals surface area contributed by atoms with E-state index in [2.05, 4.69) is 13.8 Å². The minimum absolute atomic E-state index is 0.0347. The van der Waals surface area contributed by atoms with Gasteiger partial charge in [0, 0.05) is 17.8 Å². The third-order valence-corrected chi connectivity index (χ3v) is 2.53. The molecule has 1 rings (SSSR count). The summed E-state index contributed by atoms with van der Waals surface area (Å²) in [7, 11) is 0. The minimum Gasteiger partial charge on any atom is -0.315 e. The lowest BCUT2D eigenvalue weighted by Crippen LogP contribution is -2.38. The molecule has 0 saturated carbocycles. The van der Waals surface area contributed by atoms with E-state index < -0.39 is 0 Å². The van der Waals surface area contributed by atoms with Gasteiger partial charge in [0.15, 0.2) is 5.78 Å². The van der Waals surface area contributed by atoms with Gasteiger partial charge in [-0.3, -0.25) is 9.59 Å². The molecule has 0 aromatic heterocycles. The largest absolute Gasteiger partial charge is 0.315 e. The van der Waals surface area contributed by atoms with Crippen LogP contribution >= 0.6 is 0 Å². The molecule has 1 aliphatic rings. The molecular formula is C11H17NO2. The van der Waals surface area contributed by atoms with Crippen molar-refractivity contribution >= 4 is 11.7 Å². The molecule has 0 aliphatic carbocycles. The third kappa shape index (κ3) is 2.03. The van der Waals surface area contributed by atoms with Crippen LogP contribution < -0.4 is 0 Å². The highest BCUT2D eigenvalue weighted by atomic mass is 16.2. The molecule has 1 heterocycles. The molecule has 0 aromatic carbocycles. The second-order valence-electron chi connectivity index (χ2n) is 4.21. The van der Waals surface area contributed by atoms with Gasteiger partial charge in [-0.05, 0) is 19.8 Å². The van der Waals surface area contributed by atoms with E-state index in [1.807, 2.05) is 6.92 Å². The van der Waals surface area contributed by atoms with Crippen LogP contribution in [-0.2, 0) is 9.59 Å². The van der Waals surface area contributed by atoms with Crippen LogP contribution in [0.25, 0.3) is 0 Å². The first-order chi connectivity index (χ1) is 6.43. The lowest BCUT2D eigenvalue weighted by Gasteiger charge is -2.29. The highest BCUT2D eigenvalue weighted by Crippen LogP contribution is 2.20. The van der Waals surface area contributed by atoms with Crippen molar-refractivity contribution < 1.29 is 9.59 Å². The summed E-state index contributed by atoms with van der Waals surface area (Å²) in [6.07, 6.45) is 0.0376. The van der Waals surface area contributed by atoms with Crippen LogP contribution in [0.2, 0.25) is 0 Å². The van der Waals surface area contributed by atoms with E-state index in [0.717, 1.165) is 11.3 Å². The Labute approximate surface area is 84.8 Å². The van der Waals surface area contributed by atoms with E-state index in [0.29, 0.717) is 12.5 Å². The number of ketones is 1. The number of carbonyl (C=O) groups excluding carboxylic acids is 2. The molecule has 0 atom stereocenters. The summed E-state index contributed by atoms with van der Waals surface area (Å²) in [6.45, 7) is 8.46. The predicted octanol–water partition coefficient (Wildman–Crippen LogP) is 1.74. The quantitative estimate of drug-likeness (QED) is 0.629. The van der Waals surface area contributed by atoms with Gasteiger partial charge in [-0.2, -0.15) is 0 Å². The van der Waals surface area contributed by atoms with Gasteiger partial charge in [-0.25, -0.2) is 0 Å². The van der Waals surface area contributed by atoms with Crippen LogP contribution in [0.3, 0.4) is 0 Å². The number of rotatable bonds is 2. The molecular weight excluding hydrogens is 178 g/mol. The van der Waals surface area contributed by atoms with Crippen molar-refractivity contribution in [1.29, 1.82) is 0 Å². The molecule has 0 bridgehead atoms. The Kier molecular flexibility index (Phi) is 3.09. The normalized spacial score (nSPS) is 18.5. The Bertz CT molecular complexity index is 302. The zero-order chi connectivity index (χ0) is 10.9. The standard InChI is InChI=1S/C11H17NO2/c1-7(2)6-12-9(4)8(3)10(13)5-11(12)14/h7H,5-6H2,1-4H3. The van der Waals surface area contributed by atoms with Crippen molar-refractivity contribution in [2.24, 2.45) is 5.92 Å².